The molecule has 38 heavy (non-hydrogen) atoms. The number of aliphatic hydroxyl groups is 1. The van der Waals surface area contributed by atoms with Gasteiger partial charge in [0.2, 0.25) is 11.8 Å². The number of carbonyl (C=O) groups excluding carboxylic acids is 3. The molecule has 1 heterocycles. The number of nitrogens with two attached hydrogens (primary N) is 1. The second kappa shape index (κ2) is 12.4. The molecule has 5 N–H and O–H groups in total. The van der Waals surface area contributed by atoms with Crippen LogP contribution in [0.25, 0.3) is 0 Å². The molecule has 11 heteroatoms. The van der Waals surface area contributed by atoms with Gasteiger partial charge in [0.1, 0.15) is 12.6 Å². The second-order valence-electron chi connectivity index (χ2n) is 10.4. The van der Waals surface area contributed by atoms with Crippen LogP contribution >= 0.6 is 0 Å². The summed E-state index contributed by atoms with van der Waals surface area (Å²) in [5.41, 5.74) is 7.02. The van der Waals surface area contributed by atoms with Crippen molar-refractivity contribution in [2.75, 3.05) is 6.54 Å². The number of hydrogen-bond donors (Lipinski definition) is 4. The molecular weight excluding hydrogens is 489 g/mol. The Balaban J connectivity index is 1.44. The number of rotatable bonds is 11. The number of hydrogen-bond acceptors (Lipinski definition) is 7. The average Bonchev–Trinajstić information content (AvgIpc) is 3.08. The molecule has 1 aliphatic heterocycles. The summed E-state index contributed by atoms with van der Waals surface area (Å²) in [6.45, 7) is 7.81. The van der Waals surface area contributed by atoms with E-state index in [9.17, 15) is 19.5 Å². The number of amides is 3. The lowest BCUT2D eigenvalue weighted by Crippen LogP contribution is -2.47. The largest absolute Gasteiger partial charge is 0.494 e. The molecule has 0 spiro atoms. The number of nitrogens with one attached hydrogen (secondary N) is 2. The smallest absolute Gasteiger partial charge is 0.445 e. The van der Waals surface area contributed by atoms with Crippen molar-refractivity contribution in [1.29, 1.82) is 0 Å². The highest BCUT2D eigenvalue weighted by molar-refractivity contribution is 6.62. The van der Waals surface area contributed by atoms with E-state index in [1.54, 1.807) is 0 Å². The van der Waals surface area contributed by atoms with Gasteiger partial charge < -0.3 is 35.5 Å². The zero-order valence-electron chi connectivity index (χ0n) is 22.2. The van der Waals surface area contributed by atoms with E-state index in [0.29, 0.717) is 0 Å². The van der Waals surface area contributed by atoms with Crippen molar-refractivity contribution in [3.63, 3.8) is 0 Å². The Morgan fingerprint density at radius 1 is 0.974 bits per heavy atom. The monoisotopic (exact) mass is 525 g/mol. The molecule has 3 rings (SSSR count). The number of benzene rings is 2. The van der Waals surface area contributed by atoms with Gasteiger partial charge in [-0.05, 0) is 44.3 Å². The van der Waals surface area contributed by atoms with Crippen molar-refractivity contribution in [2.24, 2.45) is 5.73 Å². The molecule has 0 aliphatic carbocycles. The number of ether oxygens (including phenoxy) is 1. The third-order valence-electron chi connectivity index (χ3n) is 6.74. The van der Waals surface area contributed by atoms with Crippen LogP contribution in [0, 0.1) is 0 Å². The predicted molar refractivity (Wildman–Crippen MR) is 142 cm³/mol. The van der Waals surface area contributed by atoms with Crippen LogP contribution in [0.3, 0.4) is 0 Å². The van der Waals surface area contributed by atoms with Gasteiger partial charge in [-0.15, -0.1) is 0 Å². The van der Waals surface area contributed by atoms with Crippen LogP contribution in [0.4, 0.5) is 4.79 Å². The van der Waals surface area contributed by atoms with Crippen LogP contribution in [-0.4, -0.2) is 60.0 Å². The zero-order valence-corrected chi connectivity index (χ0v) is 22.2. The van der Waals surface area contributed by atoms with E-state index in [0.717, 1.165) is 16.6 Å². The standard InChI is InChI=1S/C27H36BN3O7/c1-26(2)27(3,4)38-28(37-26)20-12-10-18(11-13-20)14-22(24(29)34)31-23(33)15-21(32)16-30-25(35)36-17-19-8-6-5-7-9-19/h5-13,21-22,32H,14-17H2,1-4H3,(H2,29,34)(H,30,35)(H,31,33)/t21-,22+/m0/s1. The minimum absolute atomic E-state index is 0.0845. The third kappa shape index (κ3) is 8.05. The Kier molecular flexibility index (Phi) is 9.53. The fourth-order valence-electron chi connectivity index (χ4n) is 3.76. The lowest BCUT2D eigenvalue weighted by molar-refractivity contribution is -0.128. The summed E-state index contributed by atoms with van der Waals surface area (Å²) in [7, 11) is -0.508. The molecule has 10 nitrogen and oxygen atoms in total. The molecule has 3 amide bonds. The maximum atomic E-state index is 12.4. The van der Waals surface area contributed by atoms with E-state index in [2.05, 4.69) is 10.6 Å². The quantitative estimate of drug-likeness (QED) is 0.322. The second-order valence-corrected chi connectivity index (χ2v) is 10.4. The van der Waals surface area contributed by atoms with Crippen LogP contribution in [0.2, 0.25) is 0 Å². The molecule has 0 saturated carbocycles. The minimum atomic E-state index is -1.17. The molecule has 0 bridgehead atoms. The van der Waals surface area contributed by atoms with Gasteiger partial charge in [0.25, 0.3) is 0 Å². The molecule has 2 aromatic carbocycles. The van der Waals surface area contributed by atoms with Gasteiger partial charge in [0.15, 0.2) is 0 Å². The molecule has 0 radical (unpaired) electrons. The summed E-state index contributed by atoms with van der Waals surface area (Å²) in [4.78, 5) is 36.2. The first-order chi connectivity index (χ1) is 17.9. The first kappa shape index (κ1) is 29.2. The Bertz CT molecular complexity index is 1090. The number of primary amides is 1. The Hall–Kier alpha value is -3.41. The van der Waals surface area contributed by atoms with Crippen molar-refractivity contribution < 1.29 is 33.5 Å². The van der Waals surface area contributed by atoms with Gasteiger partial charge in [-0.3, -0.25) is 9.59 Å². The van der Waals surface area contributed by atoms with Crippen LogP contribution in [0.1, 0.15) is 45.2 Å². The first-order valence-electron chi connectivity index (χ1n) is 12.5. The molecule has 1 saturated heterocycles. The van der Waals surface area contributed by atoms with Crippen LogP contribution in [0.15, 0.2) is 54.6 Å². The number of alkyl carbamates (subject to hydrolysis) is 1. The highest BCUT2D eigenvalue weighted by Crippen LogP contribution is 2.36. The predicted octanol–water partition coefficient (Wildman–Crippen LogP) is 1.18. The fourth-order valence-corrected chi connectivity index (χ4v) is 3.76. The van der Waals surface area contributed by atoms with Crippen LogP contribution in [-0.2, 0) is 36.7 Å². The van der Waals surface area contributed by atoms with E-state index < -0.39 is 48.4 Å². The normalized spacial score (nSPS) is 17.3. The molecular formula is C27H36BN3O7. The van der Waals surface area contributed by atoms with Crippen LogP contribution in [0.5, 0.6) is 0 Å². The fraction of sp³-hybridized carbons (Fsp3) is 0.444. The van der Waals surface area contributed by atoms with E-state index in [-0.39, 0.29) is 26.0 Å². The van der Waals surface area contributed by atoms with Gasteiger partial charge in [0.05, 0.1) is 23.7 Å². The maximum absolute atomic E-state index is 12.4. The number of aliphatic hydroxyl groups excluding tert-OH is 1. The Morgan fingerprint density at radius 3 is 2.16 bits per heavy atom. The highest BCUT2D eigenvalue weighted by atomic mass is 16.7. The van der Waals surface area contributed by atoms with Gasteiger partial charge in [0, 0.05) is 13.0 Å². The van der Waals surface area contributed by atoms with E-state index in [4.69, 9.17) is 19.8 Å². The summed E-state index contributed by atoms with van der Waals surface area (Å²) in [6, 6.07) is 15.5. The van der Waals surface area contributed by atoms with E-state index in [1.165, 1.54) is 0 Å². The molecule has 204 valence electrons. The third-order valence-corrected chi connectivity index (χ3v) is 6.74. The summed E-state index contributed by atoms with van der Waals surface area (Å²) >= 11 is 0. The lowest BCUT2D eigenvalue weighted by atomic mass is 9.78. The zero-order chi connectivity index (χ0) is 27.9. The molecule has 0 aromatic heterocycles. The average molecular weight is 525 g/mol. The molecule has 1 aliphatic rings. The van der Waals surface area contributed by atoms with Gasteiger partial charge in [-0.1, -0.05) is 54.6 Å². The summed E-state index contributed by atoms with van der Waals surface area (Å²) < 4.78 is 17.2. The Morgan fingerprint density at radius 2 is 1.58 bits per heavy atom. The van der Waals surface area contributed by atoms with Crippen molar-refractivity contribution >= 4 is 30.5 Å². The maximum Gasteiger partial charge on any atom is 0.494 e. The number of carbonyl (C=O) groups is 3. The van der Waals surface area contributed by atoms with Gasteiger partial charge in [-0.25, -0.2) is 4.79 Å². The lowest BCUT2D eigenvalue weighted by Gasteiger charge is -2.32. The first-order valence-corrected chi connectivity index (χ1v) is 12.5. The van der Waals surface area contributed by atoms with Crippen molar-refractivity contribution in [2.45, 2.75) is 70.5 Å². The minimum Gasteiger partial charge on any atom is -0.445 e. The SMILES string of the molecule is CC1(C)OB(c2ccc(C[C@@H](NC(=O)C[C@H](O)CNC(=O)OCc3ccccc3)C(N)=O)cc2)OC1(C)C. The van der Waals surface area contributed by atoms with E-state index >= 15 is 0 Å². The van der Waals surface area contributed by atoms with Crippen molar-refractivity contribution in [3.05, 3.63) is 65.7 Å². The van der Waals surface area contributed by atoms with Gasteiger partial charge in [-0.2, -0.15) is 0 Å². The van der Waals surface area contributed by atoms with Crippen molar-refractivity contribution in [1.82, 2.24) is 10.6 Å². The van der Waals surface area contributed by atoms with Crippen molar-refractivity contribution in [3.8, 4) is 0 Å². The highest BCUT2D eigenvalue weighted by Gasteiger charge is 2.51. The summed E-state index contributed by atoms with van der Waals surface area (Å²) in [5.74, 6) is -1.28. The van der Waals surface area contributed by atoms with Crippen LogP contribution < -0.4 is 21.8 Å². The summed E-state index contributed by atoms with van der Waals surface area (Å²) in [6.07, 6.45) is -2.05. The Labute approximate surface area is 223 Å². The van der Waals surface area contributed by atoms with Gasteiger partial charge >= 0.3 is 13.2 Å². The molecule has 2 atom stereocenters. The topological polar surface area (TPSA) is 149 Å². The molecule has 0 unspecified atom stereocenters. The molecule has 2 aromatic rings. The summed E-state index contributed by atoms with van der Waals surface area (Å²) in [5, 5.41) is 15.1. The molecule has 1 fully saturated rings. The van der Waals surface area contributed by atoms with E-state index in [1.807, 2.05) is 82.3 Å².